The maximum Gasteiger partial charge on any atom is 0.335 e. The molecule has 0 unspecified atom stereocenters. The largest absolute Gasteiger partial charge is 0.489 e. The van der Waals surface area contributed by atoms with Crippen LogP contribution in [-0.2, 0) is 6.61 Å². The highest BCUT2D eigenvalue weighted by Crippen LogP contribution is 2.46. The molecule has 0 atom stereocenters. The SMILES string of the molecule is COc1c(C#Cc2ccc(OCc3c(-c4c(Cl)cccc4Cl)noc3C3CC3)cc2Cl)cc(C(=O)O)cc1[N+](=O)[O-]. The summed E-state index contributed by atoms with van der Waals surface area (Å²) in [5.41, 5.74) is 1.43. The molecular weight excluding hydrogens is 595 g/mol. The van der Waals surface area contributed by atoms with Crippen molar-refractivity contribution in [3.05, 3.63) is 102 Å². The van der Waals surface area contributed by atoms with Gasteiger partial charge in [0.1, 0.15) is 23.8 Å². The molecule has 5 rings (SSSR count). The molecule has 1 heterocycles. The van der Waals surface area contributed by atoms with Crippen molar-refractivity contribution < 1.29 is 28.8 Å². The third kappa shape index (κ3) is 5.95. The summed E-state index contributed by atoms with van der Waals surface area (Å²) in [4.78, 5) is 22.2. The number of nitro benzene ring substituents is 1. The zero-order chi connectivity index (χ0) is 29.3. The van der Waals surface area contributed by atoms with Gasteiger partial charge in [0.05, 0.1) is 43.8 Å². The van der Waals surface area contributed by atoms with Crippen LogP contribution in [0.25, 0.3) is 11.3 Å². The number of aromatic nitrogens is 1. The Labute approximate surface area is 248 Å². The zero-order valence-corrected chi connectivity index (χ0v) is 23.5. The van der Waals surface area contributed by atoms with Crippen molar-refractivity contribution in [2.24, 2.45) is 0 Å². The highest BCUT2D eigenvalue weighted by molar-refractivity contribution is 6.39. The van der Waals surface area contributed by atoms with Crippen molar-refractivity contribution >= 4 is 46.5 Å². The number of nitrogens with zero attached hydrogens (tertiary/aromatic N) is 2. The molecule has 208 valence electrons. The van der Waals surface area contributed by atoms with Crippen LogP contribution in [0.15, 0.2) is 53.1 Å². The van der Waals surface area contributed by atoms with Crippen molar-refractivity contribution in [2.45, 2.75) is 25.4 Å². The van der Waals surface area contributed by atoms with Crippen LogP contribution >= 0.6 is 34.8 Å². The number of methoxy groups -OCH3 is 1. The molecule has 4 aromatic rings. The minimum Gasteiger partial charge on any atom is -0.489 e. The molecule has 41 heavy (non-hydrogen) atoms. The molecule has 1 fully saturated rings. The third-order valence-corrected chi connectivity index (χ3v) is 7.28. The first-order valence-corrected chi connectivity index (χ1v) is 13.3. The second-order valence-corrected chi connectivity index (χ2v) is 10.3. The van der Waals surface area contributed by atoms with Crippen LogP contribution in [0.5, 0.6) is 11.5 Å². The number of hydrogen-bond donors (Lipinski definition) is 1. The molecular formula is C29H19Cl3N2O7. The lowest BCUT2D eigenvalue weighted by Gasteiger charge is -2.10. The molecule has 1 aliphatic rings. The number of benzene rings is 3. The topological polar surface area (TPSA) is 125 Å². The molecule has 0 saturated heterocycles. The average molecular weight is 614 g/mol. The summed E-state index contributed by atoms with van der Waals surface area (Å²) in [5, 5.41) is 26.2. The number of carboxylic acids is 1. The number of ether oxygens (including phenoxy) is 2. The molecule has 1 aromatic heterocycles. The van der Waals surface area contributed by atoms with E-state index in [1.165, 1.54) is 13.2 Å². The van der Waals surface area contributed by atoms with Crippen molar-refractivity contribution in [1.29, 1.82) is 0 Å². The lowest BCUT2D eigenvalue weighted by Crippen LogP contribution is -2.02. The first-order valence-electron chi connectivity index (χ1n) is 12.1. The Kier molecular flexibility index (Phi) is 8.08. The summed E-state index contributed by atoms with van der Waals surface area (Å²) in [6.45, 7) is 0.121. The van der Waals surface area contributed by atoms with E-state index in [1.54, 1.807) is 36.4 Å². The van der Waals surface area contributed by atoms with Gasteiger partial charge in [0.2, 0.25) is 5.75 Å². The molecule has 3 aromatic carbocycles. The first kappa shape index (κ1) is 28.3. The van der Waals surface area contributed by atoms with Crippen LogP contribution in [0.3, 0.4) is 0 Å². The van der Waals surface area contributed by atoms with Gasteiger partial charge < -0.3 is 19.1 Å². The summed E-state index contributed by atoms with van der Waals surface area (Å²) < 4.78 is 16.9. The van der Waals surface area contributed by atoms with Crippen LogP contribution in [0.4, 0.5) is 5.69 Å². The van der Waals surface area contributed by atoms with Gasteiger partial charge in [0, 0.05) is 29.2 Å². The van der Waals surface area contributed by atoms with E-state index in [2.05, 4.69) is 17.0 Å². The lowest BCUT2D eigenvalue weighted by atomic mass is 10.0. The predicted molar refractivity (Wildman–Crippen MR) is 152 cm³/mol. The van der Waals surface area contributed by atoms with E-state index in [1.807, 2.05) is 0 Å². The number of carboxylic acid groups (broad SMARTS) is 1. The first-order chi connectivity index (χ1) is 19.7. The summed E-state index contributed by atoms with van der Waals surface area (Å²) in [6.07, 6.45) is 1.97. The van der Waals surface area contributed by atoms with E-state index in [-0.39, 0.29) is 34.4 Å². The monoisotopic (exact) mass is 612 g/mol. The van der Waals surface area contributed by atoms with Gasteiger partial charge in [-0.05, 0) is 43.2 Å². The number of halogens is 3. The number of rotatable bonds is 8. The van der Waals surface area contributed by atoms with Gasteiger partial charge >= 0.3 is 11.7 Å². The Hall–Kier alpha value is -4.23. The van der Waals surface area contributed by atoms with E-state index in [0.717, 1.165) is 30.2 Å². The number of carbonyl (C=O) groups is 1. The van der Waals surface area contributed by atoms with E-state index < -0.39 is 16.6 Å². The molecule has 0 radical (unpaired) electrons. The van der Waals surface area contributed by atoms with Gasteiger partial charge in [-0.15, -0.1) is 0 Å². The van der Waals surface area contributed by atoms with Crippen LogP contribution in [0, 0.1) is 22.0 Å². The fourth-order valence-corrected chi connectivity index (χ4v) is 5.00. The van der Waals surface area contributed by atoms with Gasteiger partial charge in [-0.3, -0.25) is 10.1 Å². The second kappa shape index (κ2) is 11.7. The maximum absolute atomic E-state index is 11.5. The number of aromatic carboxylic acids is 1. The van der Waals surface area contributed by atoms with Crippen molar-refractivity contribution in [2.75, 3.05) is 7.11 Å². The summed E-state index contributed by atoms with van der Waals surface area (Å²) in [7, 11) is 1.24. The minimum atomic E-state index is -1.34. The van der Waals surface area contributed by atoms with Gasteiger partial charge in [0.15, 0.2) is 0 Å². The molecule has 0 amide bonds. The lowest BCUT2D eigenvalue weighted by molar-refractivity contribution is -0.385. The van der Waals surface area contributed by atoms with Crippen LogP contribution in [0.2, 0.25) is 15.1 Å². The fraction of sp³-hybridized carbons (Fsp3) is 0.172. The third-order valence-electron chi connectivity index (χ3n) is 6.34. The van der Waals surface area contributed by atoms with E-state index in [0.29, 0.717) is 32.6 Å². The molecule has 0 bridgehead atoms. The van der Waals surface area contributed by atoms with Gasteiger partial charge in [-0.2, -0.15) is 0 Å². The Balaban J connectivity index is 1.42. The van der Waals surface area contributed by atoms with Crippen molar-refractivity contribution in [3.63, 3.8) is 0 Å². The van der Waals surface area contributed by atoms with E-state index >= 15 is 0 Å². The maximum atomic E-state index is 11.5. The summed E-state index contributed by atoms with van der Waals surface area (Å²) in [6, 6.07) is 12.2. The highest BCUT2D eigenvalue weighted by atomic mass is 35.5. The summed E-state index contributed by atoms with van der Waals surface area (Å²) >= 11 is 19.3. The smallest absolute Gasteiger partial charge is 0.335 e. The predicted octanol–water partition coefficient (Wildman–Crippen LogP) is 7.77. The minimum absolute atomic E-state index is 0.0290. The number of hydrogen-bond acceptors (Lipinski definition) is 7. The van der Waals surface area contributed by atoms with E-state index in [4.69, 9.17) is 48.8 Å². The Morgan fingerprint density at radius 3 is 2.41 bits per heavy atom. The van der Waals surface area contributed by atoms with Crippen LogP contribution < -0.4 is 9.47 Å². The normalized spacial score (nSPS) is 12.4. The standard InChI is InChI=1S/C29H19Cl3N2O7/c1-39-28-17(11-18(29(35)36)12-24(28)34(37)38)8-5-15-9-10-19(13-23(15)32)40-14-20-26(33-41-27(20)16-6-7-16)25-21(30)3-2-4-22(25)31/h2-4,9-13,16H,6-7,14H2,1H3,(H,35,36). The summed E-state index contributed by atoms with van der Waals surface area (Å²) in [5.74, 6) is 5.50. The molecule has 0 spiro atoms. The van der Waals surface area contributed by atoms with Crippen LogP contribution in [0.1, 0.15) is 51.6 Å². The zero-order valence-electron chi connectivity index (χ0n) is 21.2. The molecule has 0 aliphatic heterocycles. The molecule has 12 heteroatoms. The average Bonchev–Trinajstić information content (AvgIpc) is 3.70. The fourth-order valence-electron chi connectivity index (χ4n) is 4.21. The quantitative estimate of drug-likeness (QED) is 0.121. The Morgan fingerprint density at radius 2 is 1.80 bits per heavy atom. The Morgan fingerprint density at radius 1 is 1.10 bits per heavy atom. The van der Waals surface area contributed by atoms with Gasteiger partial charge in [-0.25, -0.2) is 4.79 Å². The van der Waals surface area contributed by atoms with Gasteiger partial charge in [0.25, 0.3) is 0 Å². The number of nitro groups is 1. The molecule has 1 aliphatic carbocycles. The molecule has 1 N–H and O–H groups in total. The Bertz CT molecular complexity index is 1730. The van der Waals surface area contributed by atoms with Crippen molar-refractivity contribution in [1.82, 2.24) is 5.16 Å². The van der Waals surface area contributed by atoms with Crippen molar-refractivity contribution in [3.8, 4) is 34.6 Å². The highest BCUT2D eigenvalue weighted by Gasteiger charge is 2.33. The second-order valence-electron chi connectivity index (χ2n) is 9.06. The molecule has 1 saturated carbocycles. The van der Waals surface area contributed by atoms with Crippen LogP contribution in [-0.4, -0.2) is 28.3 Å². The van der Waals surface area contributed by atoms with Gasteiger partial charge in [-0.1, -0.05) is 57.9 Å². The van der Waals surface area contributed by atoms with E-state index in [9.17, 15) is 20.0 Å². The molecule has 9 nitrogen and oxygen atoms in total.